The van der Waals surface area contributed by atoms with Crippen LogP contribution >= 0.6 is 15.9 Å². The Labute approximate surface area is 102 Å². The van der Waals surface area contributed by atoms with E-state index in [2.05, 4.69) is 20.9 Å². The number of hydrogen-bond acceptors (Lipinski definition) is 3. The molecular formula is C11H13BrN2O2. The molecule has 1 unspecified atom stereocenters. The van der Waals surface area contributed by atoms with Crippen LogP contribution in [-0.4, -0.2) is 40.1 Å². The minimum absolute atomic E-state index is 0.0300. The zero-order valence-corrected chi connectivity index (χ0v) is 10.4. The van der Waals surface area contributed by atoms with Crippen LogP contribution in [0.1, 0.15) is 23.3 Å². The summed E-state index contributed by atoms with van der Waals surface area (Å²) >= 11 is 3.28. The number of nitrogens with zero attached hydrogens (tertiary/aromatic N) is 2. The SMILES string of the molecule is O=C(c1ccc(Br)cn1)N1CCCC1CO. The summed E-state index contributed by atoms with van der Waals surface area (Å²) in [5, 5.41) is 9.15. The molecule has 1 aromatic heterocycles. The number of likely N-dealkylation sites (tertiary alicyclic amines) is 1. The van der Waals surface area contributed by atoms with Crippen LogP contribution in [0.3, 0.4) is 0 Å². The standard InChI is InChI=1S/C11H13BrN2O2/c12-8-3-4-10(13-6-8)11(16)14-5-1-2-9(14)7-15/h3-4,6,9,15H,1-2,5,7H2. The molecule has 0 spiro atoms. The van der Waals surface area contributed by atoms with E-state index >= 15 is 0 Å². The molecule has 1 saturated heterocycles. The monoisotopic (exact) mass is 284 g/mol. The number of amides is 1. The van der Waals surface area contributed by atoms with Crippen molar-refractivity contribution in [1.29, 1.82) is 0 Å². The first-order chi connectivity index (χ1) is 7.72. The number of hydrogen-bond donors (Lipinski definition) is 1. The van der Waals surface area contributed by atoms with Gasteiger partial charge in [-0.25, -0.2) is 4.98 Å². The lowest BCUT2D eigenvalue weighted by Gasteiger charge is -2.22. The van der Waals surface area contributed by atoms with Crippen LogP contribution in [-0.2, 0) is 0 Å². The van der Waals surface area contributed by atoms with E-state index in [0.29, 0.717) is 12.2 Å². The van der Waals surface area contributed by atoms with Crippen molar-refractivity contribution in [1.82, 2.24) is 9.88 Å². The summed E-state index contributed by atoms with van der Waals surface area (Å²) in [4.78, 5) is 17.8. The van der Waals surface area contributed by atoms with Gasteiger partial charge in [0.2, 0.25) is 0 Å². The number of carbonyl (C=O) groups excluding carboxylic acids is 1. The minimum Gasteiger partial charge on any atom is -0.394 e. The maximum Gasteiger partial charge on any atom is 0.272 e. The number of halogens is 1. The molecule has 1 aromatic rings. The number of carbonyl (C=O) groups is 1. The highest BCUT2D eigenvalue weighted by molar-refractivity contribution is 9.10. The molecule has 0 bridgehead atoms. The number of pyridine rings is 1. The molecule has 16 heavy (non-hydrogen) atoms. The molecule has 0 aliphatic carbocycles. The Bertz CT molecular complexity index is 380. The molecule has 1 aliphatic rings. The van der Waals surface area contributed by atoms with Gasteiger partial charge in [-0.05, 0) is 40.9 Å². The van der Waals surface area contributed by atoms with Gasteiger partial charge >= 0.3 is 0 Å². The molecular weight excluding hydrogens is 272 g/mol. The van der Waals surface area contributed by atoms with Gasteiger partial charge in [-0.15, -0.1) is 0 Å². The van der Waals surface area contributed by atoms with Crippen LogP contribution < -0.4 is 0 Å². The Balaban J connectivity index is 2.15. The van der Waals surface area contributed by atoms with Crippen molar-refractivity contribution >= 4 is 21.8 Å². The topological polar surface area (TPSA) is 53.4 Å². The van der Waals surface area contributed by atoms with E-state index in [0.717, 1.165) is 17.3 Å². The van der Waals surface area contributed by atoms with Crippen LogP contribution in [0.2, 0.25) is 0 Å². The Hall–Kier alpha value is -0.940. The van der Waals surface area contributed by atoms with E-state index in [1.165, 1.54) is 0 Å². The lowest BCUT2D eigenvalue weighted by atomic mass is 10.2. The first kappa shape index (κ1) is 11.5. The summed E-state index contributed by atoms with van der Waals surface area (Å²) in [7, 11) is 0. The first-order valence-corrected chi connectivity index (χ1v) is 6.05. The fourth-order valence-electron chi connectivity index (χ4n) is 1.94. The highest BCUT2D eigenvalue weighted by Crippen LogP contribution is 2.19. The second-order valence-corrected chi connectivity index (χ2v) is 4.75. The lowest BCUT2D eigenvalue weighted by molar-refractivity contribution is 0.0671. The molecule has 0 radical (unpaired) electrons. The predicted octanol–water partition coefficient (Wildman–Crippen LogP) is 1.44. The van der Waals surface area contributed by atoms with Crippen LogP contribution in [0.15, 0.2) is 22.8 Å². The predicted molar refractivity (Wildman–Crippen MR) is 63.1 cm³/mol. The van der Waals surface area contributed by atoms with E-state index in [1.54, 1.807) is 23.2 Å². The summed E-state index contributed by atoms with van der Waals surface area (Å²) in [5.41, 5.74) is 0.434. The zero-order chi connectivity index (χ0) is 11.5. The van der Waals surface area contributed by atoms with Crippen molar-refractivity contribution in [2.45, 2.75) is 18.9 Å². The molecule has 4 nitrogen and oxygen atoms in total. The van der Waals surface area contributed by atoms with E-state index in [-0.39, 0.29) is 18.6 Å². The molecule has 86 valence electrons. The molecule has 0 aromatic carbocycles. The van der Waals surface area contributed by atoms with Crippen molar-refractivity contribution in [2.24, 2.45) is 0 Å². The summed E-state index contributed by atoms with van der Waals surface area (Å²) in [6.07, 6.45) is 3.43. The molecule has 2 rings (SSSR count). The third kappa shape index (κ3) is 2.25. The largest absolute Gasteiger partial charge is 0.394 e. The zero-order valence-electron chi connectivity index (χ0n) is 8.77. The fourth-order valence-corrected chi connectivity index (χ4v) is 2.18. The fraction of sp³-hybridized carbons (Fsp3) is 0.455. The maximum absolute atomic E-state index is 12.1. The highest BCUT2D eigenvalue weighted by Gasteiger charge is 2.29. The molecule has 5 heteroatoms. The average Bonchev–Trinajstić information content (AvgIpc) is 2.77. The highest BCUT2D eigenvalue weighted by atomic mass is 79.9. The number of aliphatic hydroxyl groups excluding tert-OH is 1. The van der Waals surface area contributed by atoms with E-state index < -0.39 is 0 Å². The van der Waals surface area contributed by atoms with Gasteiger partial charge in [0, 0.05) is 17.2 Å². The molecule has 1 aliphatic heterocycles. The third-order valence-corrected chi connectivity index (χ3v) is 3.26. The molecule has 1 fully saturated rings. The van der Waals surface area contributed by atoms with Gasteiger partial charge in [-0.3, -0.25) is 4.79 Å². The summed E-state index contributed by atoms with van der Waals surface area (Å²) in [6, 6.07) is 3.45. The third-order valence-electron chi connectivity index (χ3n) is 2.80. The van der Waals surface area contributed by atoms with Crippen LogP contribution in [0.5, 0.6) is 0 Å². The maximum atomic E-state index is 12.1. The Morgan fingerprint density at radius 3 is 3.06 bits per heavy atom. The van der Waals surface area contributed by atoms with Crippen molar-refractivity contribution in [3.63, 3.8) is 0 Å². The number of aromatic nitrogens is 1. The number of rotatable bonds is 2. The van der Waals surface area contributed by atoms with Gasteiger partial charge in [-0.1, -0.05) is 0 Å². The van der Waals surface area contributed by atoms with Crippen molar-refractivity contribution in [3.05, 3.63) is 28.5 Å². The normalized spacial score (nSPS) is 20.1. The van der Waals surface area contributed by atoms with Crippen LogP contribution in [0.4, 0.5) is 0 Å². The Kier molecular flexibility index (Phi) is 3.56. The van der Waals surface area contributed by atoms with Gasteiger partial charge < -0.3 is 10.0 Å². The van der Waals surface area contributed by atoms with E-state index in [4.69, 9.17) is 5.11 Å². The Morgan fingerprint density at radius 1 is 1.62 bits per heavy atom. The average molecular weight is 285 g/mol. The van der Waals surface area contributed by atoms with Gasteiger partial charge in [0.1, 0.15) is 5.69 Å². The summed E-state index contributed by atoms with van der Waals surface area (Å²) in [6.45, 7) is 0.740. The van der Waals surface area contributed by atoms with E-state index in [9.17, 15) is 4.79 Å². The molecule has 2 heterocycles. The van der Waals surface area contributed by atoms with Crippen LogP contribution in [0.25, 0.3) is 0 Å². The van der Waals surface area contributed by atoms with Crippen molar-refractivity contribution < 1.29 is 9.90 Å². The van der Waals surface area contributed by atoms with Gasteiger partial charge in [0.25, 0.3) is 5.91 Å². The quantitative estimate of drug-likeness (QED) is 0.894. The smallest absolute Gasteiger partial charge is 0.272 e. The van der Waals surface area contributed by atoms with Crippen molar-refractivity contribution in [3.8, 4) is 0 Å². The second-order valence-electron chi connectivity index (χ2n) is 3.84. The summed E-state index contributed by atoms with van der Waals surface area (Å²) < 4.78 is 0.851. The first-order valence-electron chi connectivity index (χ1n) is 5.26. The van der Waals surface area contributed by atoms with Gasteiger partial charge in [0.05, 0.1) is 12.6 Å². The molecule has 1 N–H and O–H groups in total. The molecule has 0 saturated carbocycles. The Morgan fingerprint density at radius 2 is 2.44 bits per heavy atom. The molecule has 1 amide bonds. The number of aliphatic hydroxyl groups is 1. The van der Waals surface area contributed by atoms with Gasteiger partial charge in [0.15, 0.2) is 0 Å². The van der Waals surface area contributed by atoms with Gasteiger partial charge in [-0.2, -0.15) is 0 Å². The van der Waals surface area contributed by atoms with Crippen molar-refractivity contribution in [2.75, 3.05) is 13.2 Å². The van der Waals surface area contributed by atoms with Crippen LogP contribution in [0, 0.1) is 0 Å². The lowest BCUT2D eigenvalue weighted by Crippen LogP contribution is -2.38. The second kappa shape index (κ2) is 4.93. The molecule has 1 atom stereocenters. The summed E-state index contributed by atoms with van der Waals surface area (Å²) in [5.74, 6) is -0.0935. The van der Waals surface area contributed by atoms with E-state index in [1.807, 2.05) is 0 Å². The minimum atomic E-state index is -0.0935.